The normalized spacial score (nSPS) is 10.0. The lowest BCUT2D eigenvalue weighted by atomic mass is 10.1. The summed E-state index contributed by atoms with van der Waals surface area (Å²) in [5, 5.41) is 15.2. The van der Waals surface area contributed by atoms with Gasteiger partial charge in [0.05, 0.1) is 17.3 Å². The molecule has 21 heavy (non-hydrogen) atoms. The summed E-state index contributed by atoms with van der Waals surface area (Å²) in [5.74, 6) is 0. The Balaban J connectivity index is 1.73. The Bertz CT molecular complexity index is 772. The van der Waals surface area contributed by atoms with Crippen molar-refractivity contribution < 1.29 is 0 Å². The zero-order valence-electron chi connectivity index (χ0n) is 11.3. The van der Waals surface area contributed by atoms with Gasteiger partial charge < -0.3 is 5.32 Å². The summed E-state index contributed by atoms with van der Waals surface area (Å²) in [4.78, 5) is 4.57. The third-order valence-corrected chi connectivity index (χ3v) is 3.88. The SMILES string of the molecule is N#Cc1cccc(-c2csc(NCc3ccccc3)n2)c1. The number of nitrogens with one attached hydrogen (secondary N) is 1. The highest BCUT2D eigenvalue weighted by Gasteiger charge is 2.05. The van der Waals surface area contributed by atoms with Gasteiger partial charge >= 0.3 is 0 Å². The molecule has 3 rings (SSSR count). The van der Waals surface area contributed by atoms with Crippen LogP contribution in [0.5, 0.6) is 0 Å². The van der Waals surface area contributed by atoms with E-state index in [1.54, 1.807) is 17.4 Å². The molecule has 0 saturated carbocycles. The lowest BCUT2D eigenvalue weighted by Crippen LogP contribution is -1.98. The van der Waals surface area contributed by atoms with Crippen molar-refractivity contribution in [3.8, 4) is 17.3 Å². The molecule has 0 radical (unpaired) electrons. The van der Waals surface area contributed by atoms with Gasteiger partial charge in [0.15, 0.2) is 5.13 Å². The van der Waals surface area contributed by atoms with Gasteiger partial charge in [0.25, 0.3) is 0 Å². The second-order valence-corrected chi connectivity index (χ2v) is 5.43. The zero-order chi connectivity index (χ0) is 14.5. The summed E-state index contributed by atoms with van der Waals surface area (Å²) in [6.45, 7) is 0.756. The van der Waals surface area contributed by atoms with Gasteiger partial charge in [-0.3, -0.25) is 0 Å². The first-order valence-corrected chi connectivity index (χ1v) is 7.47. The maximum absolute atomic E-state index is 8.94. The summed E-state index contributed by atoms with van der Waals surface area (Å²) in [6.07, 6.45) is 0. The number of aromatic nitrogens is 1. The highest BCUT2D eigenvalue weighted by molar-refractivity contribution is 7.14. The molecule has 4 heteroatoms. The van der Waals surface area contributed by atoms with Crippen molar-refractivity contribution in [2.75, 3.05) is 5.32 Å². The van der Waals surface area contributed by atoms with Gasteiger partial charge in [-0.25, -0.2) is 4.98 Å². The van der Waals surface area contributed by atoms with E-state index in [2.05, 4.69) is 28.5 Å². The van der Waals surface area contributed by atoms with E-state index in [1.807, 2.05) is 41.8 Å². The van der Waals surface area contributed by atoms with Crippen LogP contribution in [-0.2, 0) is 6.54 Å². The van der Waals surface area contributed by atoms with E-state index in [1.165, 1.54) is 5.56 Å². The minimum Gasteiger partial charge on any atom is -0.357 e. The van der Waals surface area contributed by atoms with Crippen LogP contribution in [-0.4, -0.2) is 4.98 Å². The first-order chi connectivity index (χ1) is 10.3. The molecule has 0 aliphatic rings. The summed E-state index contributed by atoms with van der Waals surface area (Å²) < 4.78 is 0. The Kier molecular flexibility index (Phi) is 3.95. The van der Waals surface area contributed by atoms with E-state index >= 15 is 0 Å². The van der Waals surface area contributed by atoms with Crippen LogP contribution in [0.2, 0.25) is 0 Å². The van der Waals surface area contributed by atoms with Gasteiger partial charge in [-0.2, -0.15) is 5.26 Å². The highest BCUT2D eigenvalue weighted by atomic mass is 32.1. The van der Waals surface area contributed by atoms with E-state index in [-0.39, 0.29) is 0 Å². The largest absolute Gasteiger partial charge is 0.357 e. The maximum atomic E-state index is 8.94. The maximum Gasteiger partial charge on any atom is 0.183 e. The van der Waals surface area contributed by atoms with Crippen molar-refractivity contribution in [1.82, 2.24) is 4.98 Å². The molecule has 1 heterocycles. The molecule has 102 valence electrons. The van der Waals surface area contributed by atoms with Gasteiger partial charge in [0.2, 0.25) is 0 Å². The van der Waals surface area contributed by atoms with E-state index < -0.39 is 0 Å². The van der Waals surface area contributed by atoms with Crippen molar-refractivity contribution in [3.05, 3.63) is 71.1 Å². The molecule has 0 saturated heterocycles. The third kappa shape index (κ3) is 3.28. The number of benzene rings is 2. The Hall–Kier alpha value is -2.64. The molecule has 0 fully saturated rings. The summed E-state index contributed by atoms with van der Waals surface area (Å²) in [6, 6.07) is 19.9. The van der Waals surface area contributed by atoms with Crippen LogP contribution in [0, 0.1) is 11.3 Å². The molecule has 0 spiro atoms. The van der Waals surface area contributed by atoms with Crippen LogP contribution in [0.4, 0.5) is 5.13 Å². The smallest absolute Gasteiger partial charge is 0.183 e. The number of hydrogen-bond donors (Lipinski definition) is 1. The van der Waals surface area contributed by atoms with Crippen molar-refractivity contribution >= 4 is 16.5 Å². The van der Waals surface area contributed by atoms with Crippen LogP contribution in [0.25, 0.3) is 11.3 Å². The lowest BCUT2D eigenvalue weighted by Gasteiger charge is -2.02. The van der Waals surface area contributed by atoms with Gasteiger partial charge in [-0.15, -0.1) is 11.3 Å². The molecule has 0 bridgehead atoms. The number of rotatable bonds is 4. The van der Waals surface area contributed by atoms with Crippen LogP contribution >= 0.6 is 11.3 Å². The van der Waals surface area contributed by atoms with Crippen LogP contribution in [0.15, 0.2) is 60.0 Å². The molecule has 0 aliphatic heterocycles. The monoisotopic (exact) mass is 291 g/mol. The average molecular weight is 291 g/mol. The van der Waals surface area contributed by atoms with Crippen molar-refractivity contribution in [3.63, 3.8) is 0 Å². The van der Waals surface area contributed by atoms with E-state index in [0.29, 0.717) is 5.56 Å². The molecule has 0 atom stereocenters. The topological polar surface area (TPSA) is 48.7 Å². The standard InChI is InChI=1S/C17H13N3S/c18-10-14-7-4-8-15(9-14)16-12-21-17(20-16)19-11-13-5-2-1-3-6-13/h1-9,12H,11H2,(H,19,20). The minimum absolute atomic E-state index is 0.652. The molecular formula is C17H13N3S. The Morgan fingerprint density at radius 2 is 1.95 bits per heavy atom. The second-order valence-electron chi connectivity index (χ2n) is 4.57. The molecule has 1 N–H and O–H groups in total. The quantitative estimate of drug-likeness (QED) is 0.780. The number of nitriles is 1. The van der Waals surface area contributed by atoms with Gasteiger partial charge in [0.1, 0.15) is 0 Å². The number of anilines is 1. The van der Waals surface area contributed by atoms with Crippen LogP contribution in [0.3, 0.4) is 0 Å². The van der Waals surface area contributed by atoms with Crippen molar-refractivity contribution in [1.29, 1.82) is 5.26 Å². The van der Waals surface area contributed by atoms with E-state index in [9.17, 15) is 0 Å². The van der Waals surface area contributed by atoms with E-state index in [4.69, 9.17) is 5.26 Å². The minimum atomic E-state index is 0.652. The summed E-state index contributed by atoms with van der Waals surface area (Å²) >= 11 is 1.57. The van der Waals surface area contributed by atoms with Crippen LogP contribution < -0.4 is 5.32 Å². The first kappa shape index (κ1) is 13.3. The fourth-order valence-corrected chi connectivity index (χ4v) is 2.73. The Labute approximate surface area is 127 Å². The number of thiazole rings is 1. The fraction of sp³-hybridized carbons (Fsp3) is 0.0588. The van der Waals surface area contributed by atoms with Gasteiger partial charge in [-0.05, 0) is 17.7 Å². The molecular weight excluding hydrogens is 278 g/mol. The Morgan fingerprint density at radius 1 is 1.10 bits per heavy atom. The molecule has 0 aliphatic carbocycles. The van der Waals surface area contributed by atoms with Crippen molar-refractivity contribution in [2.24, 2.45) is 0 Å². The predicted octanol–water partition coefficient (Wildman–Crippen LogP) is 4.29. The van der Waals surface area contributed by atoms with E-state index in [0.717, 1.165) is 22.9 Å². The fourth-order valence-electron chi connectivity index (χ4n) is 2.01. The molecule has 2 aromatic carbocycles. The molecule has 0 unspecified atom stereocenters. The average Bonchev–Trinajstić information content (AvgIpc) is 3.03. The van der Waals surface area contributed by atoms with Gasteiger partial charge in [-0.1, -0.05) is 42.5 Å². The molecule has 0 amide bonds. The predicted molar refractivity (Wildman–Crippen MR) is 86.0 cm³/mol. The highest BCUT2D eigenvalue weighted by Crippen LogP contribution is 2.25. The second kappa shape index (κ2) is 6.21. The Morgan fingerprint density at radius 3 is 2.76 bits per heavy atom. The summed E-state index contributed by atoms with van der Waals surface area (Å²) in [5.41, 5.74) is 3.74. The summed E-state index contributed by atoms with van der Waals surface area (Å²) in [7, 11) is 0. The molecule has 1 aromatic heterocycles. The lowest BCUT2D eigenvalue weighted by molar-refractivity contribution is 1.14. The van der Waals surface area contributed by atoms with Crippen molar-refractivity contribution in [2.45, 2.75) is 6.54 Å². The molecule has 3 aromatic rings. The zero-order valence-corrected chi connectivity index (χ0v) is 12.1. The number of nitrogens with zero attached hydrogens (tertiary/aromatic N) is 2. The third-order valence-electron chi connectivity index (χ3n) is 3.08. The first-order valence-electron chi connectivity index (χ1n) is 6.59. The van der Waals surface area contributed by atoms with Gasteiger partial charge in [0, 0.05) is 17.5 Å². The number of hydrogen-bond acceptors (Lipinski definition) is 4. The molecule has 3 nitrogen and oxygen atoms in total. The van der Waals surface area contributed by atoms with Crippen LogP contribution in [0.1, 0.15) is 11.1 Å².